The van der Waals surface area contributed by atoms with Crippen molar-refractivity contribution < 1.29 is 9.84 Å². The lowest BCUT2D eigenvalue weighted by Crippen LogP contribution is -2.33. The smallest absolute Gasteiger partial charge is 0.133 e. The number of aliphatic hydroxyl groups is 1. The van der Waals surface area contributed by atoms with Gasteiger partial charge in [0, 0.05) is 11.0 Å². The summed E-state index contributed by atoms with van der Waals surface area (Å²) in [6.07, 6.45) is 2.05. The molecule has 1 atom stereocenters. The van der Waals surface area contributed by atoms with Gasteiger partial charge in [-0.25, -0.2) is 0 Å². The second-order valence-corrected chi connectivity index (χ2v) is 6.32. The van der Waals surface area contributed by atoms with Crippen LogP contribution in [0, 0.1) is 0 Å². The van der Waals surface area contributed by atoms with Crippen LogP contribution < -0.4 is 4.74 Å². The monoisotopic (exact) mass is 377 g/mol. The van der Waals surface area contributed by atoms with Crippen LogP contribution in [-0.2, 0) is 0 Å². The number of halogens is 2. The molecule has 1 N–H and O–H groups in total. The number of hydrogen-bond acceptors (Lipinski definition) is 3. The maximum atomic E-state index is 9.93. The van der Waals surface area contributed by atoms with Gasteiger partial charge in [0.15, 0.2) is 0 Å². The number of nitrogens with zero attached hydrogens (tertiary/aromatic N) is 1. The minimum atomic E-state index is -0.432. The van der Waals surface area contributed by atoms with E-state index in [9.17, 15) is 5.11 Å². The van der Waals surface area contributed by atoms with Crippen LogP contribution in [0.1, 0.15) is 12.8 Å². The van der Waals surface area contributed by atoms with Gasteiger partial charge in [-0.2, -0.15) is 0 Å². The molecule has 5 heteroatoms. The van der Waals surface area contributed by atoms with Crippen molar-refractivity contribution >= 4 is 31.9 Å². The molecule has 1 aromatic carbocycles. The number of likely N-dealkylation sites (tertiary alicyclic amines) is 1. The van der Waals surface area contributed by atoms with Gasteiger partial charge in [-0.3, -0.25) is 0 Å². The highest BCUT2D eigenvalue weighted by Gasteiger charge is 2.16. The second-order valence-electron chi connectivity index (χ2n) is 4.55. The quantitative estimate of drug-likeness (QED) is 0.854. The van der Waals surface area contributed by atoms with Gasteiger partial charge in [-0.15, -0.1) is 0 Å². The number of β-amino-alcohol motifs (C(OH)–C–C–N with tert-alkyl or cyclic N) is 1. The van der Waals surface area contributed by atoms with Gasteiger partial charge < -0.3 is 14.7 Å². The van der Waals surface area contributed by atoms with E-state index in [1.165, 1.54) is 12.8 Å². The van der Waals surface area contributed by atoms with Crippen LogP contribution >= 0.6 is 31.9 Å². The first-order chi connectivity index (χ1) is 8.65. The predicted molar refractivity (Wildman–Crippen MR) is 79.0 cm³/mol. The van der Waals surface area contributed by atoms with E-state index in [0.717, 1.165) is 27.8 Å². The van der Waals surface area contributed by atoms with Crippen molar-refractivity contribution in [1.82, 2.24) is 4.90 Å². The highest BCUT2D eigenvalue weighted by atomic mass is 79.9. The molecule has 0 radical (unpaired) electrons. The third-order valence-corrected chi connectivity index (χ3v) is 4.11. The van der Waals surface area contributed by atoms with Gasteiger partial charge in [-0.05, 0) is 60.1 Å². The van der Waals surface area contributed by atoms with E-state index >= 15 is 0 Å². The zero-order chi connectivity index (χ0) is 13.0. The Morgan fingerprint density at radius 1 is 1.28 bits per heavy atom. The molecule has 0 spiro atoms. The van der Waals surface area contributed by atoms with E-state index in [0.29, 0.717) is 13.2 Å². The molecule has 1 heterocycles. The standard InChI is InChI=1S/C13H17Br2NO2/c14-10-3-4-13(12(15)7-10)18-9-11(17)8-16-5-1-2-6-16/h3-4,7,11,17H,1-2,5-6,8-9H2. The van der Waals surface area contributed by atoms with Crippen LogP contribution in [0.2, 0.25) is 0 Å². The molecule has 0 bridgehead atoms. The summed E-state index contributed by atoms with van der Waals surface area (Å²) >= 11 is 6.83. The fraction of sp³-hybridized carbons (Fsp3) is 0.538. The van der Waals surface area contributed by atoms with Gasteiger partial charge in [0.1, 0.15) is 18.5 Å². The van der Waals surface area contributed by atoms with Crippen molar-refractivity contribution in [3.05, 3.63) is 27.1 Å². The minimum Gasteiger partial charge on any atom is -0.490 e. The van der Waals surface area contributed by atoms with Crippen molar-refractivity contribution in [1.29, 1.82) is 0 Å². The molecule has 0 aliphatic carbocycles. The Hall–Kier alpha value is -0.100. The number of ether oxygens (including phenoxy) is 1. The average Bonchev–Trinajstić information content (AvgIpc) is 2.80. The van der Waals surface area contributed by atoms with E-state index in [4.69, 9.17) is 4.74 Å². The molecule has 2 rings (SSSR count). The molecule has 1 aromatic rings. The highest BCUT2D eigenvalue weighted by Crippen LogP contribution is 2.28. The summed E-state index contributed by atoms with van der Waals surface area (Å²) in [5.74, 6) is 0.763. The summed E-state index contributed by atoms with van der Waals surface area (Å²) in [5.41, 5.74) is 0. The Kier molecular flexibility index (Phi) is 5.48. The van der Waals surface area contributed by atoms with E-state index in [1.54, 1.807) is 0 Å². The van der Waals surface area contributed by atoms with Crippen molar-refractivity contribution in [3.8, 4) is 5.75 Å². The second kappa shape index (κ2) is 6.89. The zero-order valence-electron chi connectivity index (χ0n) is 10.1. The highest BCUT2D eigenvalue weighted by molar-refractivity contribution is 9.11. The minimum absolute atomic E-state index is 0.330. The topological polar surface area (TPSA) is 32.7 Å². The first-order valence-corrected chi connectivity index (χ1v) is 7.72. The van der Waals surface area contributed by atoms with Crippen LogP contribution in [0.25, 0.3) is 0 Å². The first kappa shape index (κ1) is 14.3. The summed E-state index contributed by atoms with van der Waals surface area (Å²) in [7, 11) is 0. The van der Waals surface area contributed by atoms with Crippen LogP contribution in [0.3, 0.4) is 0 Å². The van der Waals surface area contributed by atoms with E-state index < -0.39 is 6.10 Å². The molecule has 0 saturated carbocycles. The number of hydrogen-bond donors (Lipinski definition) is 1. The van der Waals surface area contributed by atoms with Gasteiger partial charge in [0.05, 0.1) is 4.47 Å². The molecular weight excluding hydrogens is 362 g/mol. The average molecular weight is 379 g/mol. The van der Waals surface area contributed by atoms with Crippen LogP contribution in [0.5, 0.6) is 5.75 Å². The predicted octanol–water partition coefficient (Wildman–Crippen LogP) is 3.05. The van der Waals surface area contributed by atoms with E-state index in [-0.39, 0.29) is 0 Å². The van der Waals surface area contributed by atoms with Crippen molar-refractivity contribution in [2.24, 2.45) is 0 Å². The molecule has 3 nitrogen and oxygen atoms in total. The maximum Gasteiger partial charge on any atom is 0.133 e. The van der Waals surface area contributed by atoms with Gasteiger partial charge >= 0.3 is 0 Å². The largest absolute Gasteiger partial charge is 0.490 e. The van der Waals surface area contributed by atoms with Gasteiger partial charge in [-0.1, -0.05) is 15.9 Å². The lowest BCUT2D eigenvalue weighted by Gasteiger charge is -2.19. The third kappa shape index (κ3) is 4.23. The molecular formula is C13H17Br2NO2. The van der Waals surface area contributed by atoms with Crippen molar-refractivity contribution in [2.45, 2.75) is 18.9 Å². The molecule has 18 heavy (non-hydrogen) atoms. The Labute approximate surface area is 124 Å². The molecule has 0 amide bonds. The summed E-state index contributed by atoms with van der Waals surface area (Å²) in [6, 6.07) is 5.74. The molecule has 0 aromatic heterocycles. The Bertz CT molecular complexity index is 395. The van der Waals surface area contributed by atoms with Crippen LogP contribution in [0.4, 0.5) is 0 Å². The van der Waals surface area contributed by atoms with E-state index in [1.807, 2.05) is 18.2 Å². The Balaban J connectivity index is 1.79. The lowest BCUT2D eigenvalue weighted by molar-refractivity contribution is 0.0755. The molecule has 1 unspecified atom stereocenters. The summed E-state index contributed by atoms with van der Waals surface area (Å²) in [5, 5.41) is 9.93. The molecule has 1 saturated heterocycles. The molecule has 1 fully saturated rings. The number of benzene rings is 1. The van der Waals surface area contributed by atoms with Crippen LogP contribution in [0.15, 0.2) is 27.1 Å². The first-order valence-electron chi connectivity index (χ1n) is 6.13. The molecule has 100 valence electrons. The normalized spacial score (nSPS) is 17.9. The number of aliphatic hydroxyl groups excluding tert-OH is 1. The molecule has 1 aliphatic rings. The van der Waals surface area contributed by atoms with Crippen molar-refractivity contribution in [2.75, 3.05) is 26.2 Å². The summed E-state index contributed by atoms with van der Waals surface area (Å²) < 4.78 is 7.51. The SMILES string of the molecule is OC(COc1ccc(Br)cc1Br)CN1CCCC1. The van der Waals surface area contributed by atoms with Crippen molar-refractivity contribution in [3.63, 3.8) is 0 Å². The number of rotatable bonds is 5. The lowest BCUT2D eigenvalue weighted by atomic mass is 10.3. The maximum absolute atomic E-state index is 9.93. The summed E-state index contributed by atoms with van der Waals surface area (Å²) in [6.45, 7) is 3.23. The third-order valence-electron chi connectivity index (χ3n) is 2.99. The molecule has 1 aliphatic heterocycles. The fourth-order valence-electron chi connectivity index (χ4n) is 2.09. The van der Waals surface area contributed by atoms with Gasteiger partial charge in [0.2, 0.25) is 0 Å². The van der Waals surface area contributed by atoms with E-state index in [2.05, 4.69) is 36.8 Å². The fourth-order valence-corrected chi connectivity index (χ4v) is 3.26. The van der Waals surface area contributed by atoms with Gasteiger partial charge in [0.25, 0.3) is 0 Å². The Morgan fingerprint density at radius 2 is 2.00 bits per heavy atom. The zero-order valence-corrected chi connectivity index (χ0v) is 13.3. The summed E-state index contributed by atoms with van der Waals surface area (Å²) in [4.78, 5) is 2.28. The Morgan fingerprint density at radius 3 is 2.67 bits per heavy atom. The van der Waals surface area contributed by atoms with Crippen LogP contribution in [-0.4, -0.2) is 42.4 Å².